The third-order valence-electron chi connectivity index (χ3n) is 4.10. The van der Waals surface area contributed by atoms with Crippen molar-refractivity contribution < 1.29 is 9.13 Å². The van der Waals surface area contributed by atoms with Crippen LogP contribution in [0, 0.1) is 5.82 Å². The number of rotatable bonds is 3. The average Bonchev–Trinajstić information content (AvgIpc) is 3.25. The number of ether oxygens (including phenoxy) is 1. The minimum absolute atomic E-state index is 0.0842. The maximum atomic E-state index is 13.1. The van der Waals surface area contributed by atoms with Gasteiger partial charge in [0.15, 0.2) is 6.23 Å². The smallest absolute Gasteiger partial charge is 0.158 e. The van der Waals surface area contributed by atoms with Gasteiger partial charge >= 0.3 is 0 Å². The van der Waals surface area contributed by atoms with Gasteiger partial charge in [-0.3, -0.25) is 0 Å². The Morgan fingerprint density at radius 2 is 1.70 bits per heavy atom. The Kier molecular flexibility index (Phi) is 3.60. The van der Waals surface area contributed by atoms with Gasteiger partial charge in [0.05, 0.1) is 6.61 Å². The molecule has 0 N–H and O–H groups in total. The normalized spacial score (nSPS) is 17.6. The van der Waals surface area contributed by atoms with Crippen molar-refractivity contribution in [2.75, 3.05) is 18.1 Å². The number of anilines is 1. The maximum Gasteiger partial charge on any atom is 0.158 e. The van der Waals surface area contributed by atoms with E-state index in [2.05, 4.69) is 23.1 Å². The molecule has 0 unspecified atom stereocenters. The average molecular weight is 308 g/mol. The second-order valence-corrected chi connectivity index (χ2v) is 5.58. The Labute approximate surface area is 134 Å². The molecule has 0 spiro atoms. The van der Waals surface area contributed by atoms with E-state index in [1.807, 2.05) is 35.2 Å². The fraction of sp³-hybridized carbons (Fsp3) is 0.158. The maximum absolute atomic E-state index is 13.1. The Morgan fingerprint density at radius 1 is 0.913 bits per heavy atom. The molecule has 4 heteroatoms. The van der Waals surface area contributed by atoms with Crippen molar-refractivity contribution in [3.05, 3.63) is 84.4 Å². The van der Waals surface area contributed by atoms with Crippen molar-refractivity contribution in [2.45, 2.75) is 6.23 Å². The number of para-hydroxylation sites is 1. The van der Waals surface area contributed by atoms with Crippen molar-refractivity contribution in [1.29, 1.82) is 0 Å². The summed E-state index contributed by atoms with van der Waals surface area (Å²) in [7, 11) is 0. The fourth-order valence-electron chi connectivity index (χ4n) is 2.96. The molecule has 0 radical (unpaired) electrons. The first-order valence-electron chi connectivity index (χ1n) is 7.68. The number of hydrogen-bond acceptors (Lipinski definition) is 2. The van der Waals surface area contributed by atoms with Crippen LogP contribution in [0.4, 0.5) is 10.1 Å². The Hall–Kier alpha value is -2.59. The van der Waals surface area contributed by atoms with E-state index >= 15 is 0 Å². The zero-order valence-corrected chi connectivity index (χ0v) is 12.6. The molecule has 2 heterocycles. The van der Waals surface area contributed by atoms with Gasteiger partial charge in [0.25, 0.3) is 0 Å². The van der Waals surface area contributed by atoms with Crippen molar-refractivity contribution in [3.63, 3.8) is 0 Å². The minimum atomic E-state index is -0.226. The van der Waals surface area contributed by atoms with Gasteiger partial charge in [0.1, 0.15) is 5.82 Å². The summed E-state index contributed by atoms with van der Waals surface area (Å²) in [6.45, 7) is 1.58. The summed E-state index contributed by atoms with van der Waals surface area (Å²) in [5.74, 6) is -0.226. The van der Waals surface area contributed by atoms with E-state index in [9.17, 15) is 4.39 Å². The van der Waals surface area contributed by atoms with Gasteiger partial charge < -0.3 is 14.2 Å². The molecule has 23 heavy (non-hydrogen) atoms. The van der Waals surface area contributed by atoms with Crippen LogP contribution in [0.25, 0.3) is 5.69 Å². The van der Waals surface area contributed by atoms with Crippen LogP contribution in [0.2, 0.25) is 0 Å². The molecule has 2 aromatic carbocycles. The van der Waals surface area contributed by atoms with E-state index in [0.29, 0.717) is 6.61 Å². The van der Waals surface area contributed by atoms with Gasteiger partial charge in [-0.25, -0.2) is 4.39 Å². The van der Waals surface area contributed by atoms with E-state index in [1.54, 1.807) is 12.1 Å². The van der Waals surface area contributed by atoms with Crippen molar-refractivity contribution in [3.8, 4) is 5.69 Å². The number of benzene rings is 2. The molecule has 0 bridgehead atoms. The van der Waals surface area contributed by atoms with Crippen molar-refractivity contribution in [1.82, 2.24) is 4.57 Å². The Morgan fingerprint density at radius 3 is 2.48 bits per heavy atom. The molecule has 1 atom stereocenters. The Balaban J connectivity index is 1.62. The first-order chi connectivity index (χ1) is 11.3. The molecule has 1 aromatic heterocycles. The van der Waals surface area contributed by atoms with Crippen LogP contribution < -0.4 is 4.90 Å². The lowest BCUT2D eigenvalue weighted by atomic mass is 10.2. The molecular weight excluding hydrogens is 291 g/mol. The molecule has 3 aromatic rings. The SMILES string of the molecule is Fc1ccc(-n2ccc([C@@H]3OCCN3c3ccccc3)c2)cc1. The van der Waals surface area contributed by atoms with Crippen LogP contribution in [0.1, 0.15) is 11.8 Å². The van der Waals surface area contributed by atoms with Gasteiger partial charge in [-0.05, 0) is 42.5 Å². The monoisotopic (exact) mass is 308 g/mol. The van der Waals surface area contributed by atoms with Crippen LogP contribution in [0.5, 0.6) is 0 Å². The predicted octanol–water partition coefficient (Wildman–Crippen LogP) is 4.15. The minimum Gasteiger partial charge on any atom is -0.352 e. The molecule has 1 aliphatic heterocycles. The second-order valence-electron chi connectivity index (χ2n) is 5.58. The summed E-state index contributed by atoms with van der Waals surface area (Å²) in [5, 5.41) is 0. The van der Waals surface area contributed by atoms with Crippen LogP contribution in [0.15, 0.2) is 73.1 Å². The van der Waals surface area contributed by atoms with Gasteiger partial charge in [0, 0.05) is 35.9 Å². The highest BCUT2D eigenvalue weighted by Crippen LogP contribution is 2.32. The second kappa shape index (κ2) is 5.89. The molecule has 3 nitrogen and oxygen atoms in total. The summed E-state index contributed by atoms with van der Waals surface area (Å²) >= 11 is 0. The first kappa shape index (κ1) is 14.0. The van der Waals surface area contributed by atoms with E-state index in [-0.39, 0.29) is 12.0 Å². The molecule has 1 fully saturated rings. The predicted molar refractivity (Wildman–Crippen MR) is 88.2 cm³/mol. The van der Waals surface area contributed by atoms with Crippen LogP contribution >= 0.6 is 0 Å². The van der Waals surface area contributed by atoms with Crippen LogP contribution in [-0.4, -0.2) is 17.7 Å². The highest BCUT2D eigenvalue weighted by atomic mass is 19.1. The zero-order valence-electron chi connectivity index (χ0n) is 12.6. The van der Waals surface area contributed by atoms with Crippen molar-refractivity contribution >= 4 is 5.69 Å². The largest absolute Gasteiger partial charge is 0.352 e. The summed E-state index contributed by atoms with van der Waals surface area (Å²) in [6.07, 6.45) is 3.94. The highest BCUT2D eigenvalue weighted by Gasteiger charge is 2.27. The molecule has 1 aliphatic rings. The fourth-order valence-corrected chi connectivity index (χ4v) is 2.96. The molecule has 0 aliphatic carbocycles. The lowest BCUT2D eigenvalue weighted by Crippen LogP contribution is -2.22. The van der Waals surface area contributed by atoms with Gasteiger partial charge in [-0.2, -0.15) is 0 Å². The quantitative estimate of drug-likeness (QED) is 0.723. The third-order valence-corrected chi connectivity index (χ3v) is 4.10. The molecule has 0 amide bonds. The van der Waals surface area contributed by atoms with Gasteiger partial charge in [-0.1, -0.05) is 18.2 Å². The van der Waals surface area contributed by atoms with E-state index in [1.165, 1.54) is 12.1 Å². The molecule has 1 saturated heterocycles. The van der Waals surface area contributed by atoms with E-state index in [0.717, 1.165) is 23.5 Å². The van der Waals surface area contributed by atoms with Crippen LogP contribution in [-0.2, 0) is 4.74 Å². The third kappa shape index (κ3) is 2.73. The lowest BCUT2D eigenvalue weighted by molar-refractivity contribution is 0.114. The molecule has 116 valence electrons. The molecule has 4 rings (SSSR count). The van der Waals surface area contributed by atoms with Gasteiger partial charge in [-0.15, -0.1) is 0 Å². The first-order valence-corrected chi connectivity index (χ1v) is 7.68. The molecular formula is C19H17FN2O. The van der Waals surface area contributed by atoms with Crippen LogP contribution in [0.3, 0.4) is 0 Å². The van der Waals surface area contributed by atoms with Crippen molar-refractivity contribution in [2.24, 2.45) is 0 Å². The highest BCUT2D eigenvalue weighted by molar-refractivity contribution is 5.49. The number of nitrogens with zero attached hydrogens (tertiary/aromatic N) is 2. The summed E-state index contributed by atoms with van der Waals surface area (Å²) in [6, 6.07) is 18.8. The number of aromatic nitrogens is 1. The summed E-state index contributed by atoms with van der Waals surface area (Å²) in [5.41, 5.74) is 3.18. The zero-order chi connectivity index (χ0) is 15.6. The lowest BCUT2D eigenvalue weighted by Gasteiger charge is -2.24. The number of halogens is 1. The van der Waals surface area contributed by atoms with Gasteiger partial charge in [0.2, 0.25) is 0 Å². The Bertz CT molecular complexity index is 783. The van der Waals surface area contributed by atoms with E-state index < -0.39 is 0 Å². The topological polar surface area (TPSA) is 17.4 Å². The summed E-state index contributed by atoms with van der Waals surface area (Å²) < 4.78 is 21.0. The summed E-state index contributed by atoms with van der Waals surface area (Å²) in [4.78, 5) is 2.25. The standard InChI is InChI=1S/C19H17FN2O/c20-16-6-8-17(9-7-16)21-11-10-15(14-21)19-22(12-13-23-19)18-4-2-1-3-5-18/h1-11,14,19H,12-13H2/t19-/m0/s1. The number of hydrogen-bond donors (Lipinski definition) is 0. The molecule has 0 saturated carbocycles. The van der Waals surface area contributed by atoms with E-state index in [4.69, 9.17) is 4.74 Å².